The summed E-state index contributed by atoms with van der Waals surface area (Å²) in [6.45, 7) is 4.53. The monoisotopic (exact) mass is 399 g/mol. The molecule has 154 valence electrons. The lowest BCUT2D eigenvalue weighted by Crippen LogP contribution is -2.33. The quantitative estimate of drug-likeness (QED) is 0.726. The molecule has 6 nitrogen and oxygen atoms in total. The van der Waals surface area contributed by atoms with Crippen molar-refractivity contribution in [2.45, 2.75) is 52.5 Å². The number of hydroxylamine groups is 1. The topological polar surface area (TPSA) is 72.4 Å². The number of hydrogen-bond acceptors (Lipinski definition) is 4. The van der Waals surface area contributed by atoms with Crippen LogP contribution in [0.2, 0.25) is 0 Å². The molecule has 1 aliphatic carbocycles. The van der Waals surface area contributed by atoms with Gasteiger partial charge in [0.15, 0.2) is 0 Å². The molecule has 2 aromatic rings. The number of anilines is 2. The average molecular weight is 399 g/mol. The van der Waals surface area contributed by atoms with E-state index in [1.54, 1.807) is 30.5 Å². The van der Waals surface area contributed by atoms with Gasteiger partial charge in [0.05, 0.1) is 23.5 Å². The normalized spacial score (nSPS) is 15.7. The molecule has 0 radical (unpaired) electrons. The molecule has 1 amide bonds. The number of nitrogens with zero attached hydrogens (tertiary/aromatic N) is 1. The van der Waals surface area contributed by atoms with Crippen LogP contribution in [0.15, 0.2) is 23.0 Å². The molecule has 1 saturated carbocycles. The maximum absolute atomic E-state index is 14.4. The van der Waals surface area contributed by atoms with Gasteiger partial charge in [-0.1, -0.05) is 12.5 Å². The van der Waals surface area contributed by atoms with Crippen LogP contribution >= 0.6 is 0 Å². The summed E-state index contributed by atoms with van der Waals surface area (Å²) >= 11 is 0. The van der Waals surface area contributed by atoms with Crippen molar-refractivity contribution < 1.29 is 14.0 Å². The molecular formula is C22H26FN3O3. The van der Waals surface area contributed by atoms with Crippen LogP contribution in [0.5, 0.6) is 0 Å². The molecule has 7 heteroatoms. The molecule has 4 rings (SSSR count). The van der Waals surface area contributed by atoms with E-state index in [-0.39, 0.29) is 11.2 Å². The zero-order valence-corrected chi connectivity index (χ0v) is 16.8. The zero-order chi connectivity index (χ0) is 20.5. The second kappa shape index (κ2) is 7.99. The largest absolute Gasteiger partial charge is 0.352 e. The Hall–Kier alpha value is -2.67. The first-order valence-electron chi connectivity index (χ1n) is 10.2. The highest BCUT2D eigenvalue weighted by Gasteiger charge is 2.28. The first kappa shape index (κ1) is 19.6. The predicted molar refractivity (Wildman–Crippen MR) is 109 cm³/mol. The van der Waals surface area contributed by atoms with Crippen molar-refractivity contribution in [2.24, 2.45) is 5.92 Å². The third-order valence-corrected chi connectivity index (χ3v) is 5.92. The minimum Gasteiger partial charge on any atom is -0.352 e. The molecule has 0 unspecified atom stereocenters. The Bertz CT molecular complexity index is 1010. The number of halogens is 1. The molecular weight excluding hydrogens is 373 g/mol. The summed E-state index contributed by atoms with van der Waals surface area (Å²) in [7, 11) is 0. The summed E-state index contributed by atoms with van der Waals surface area (Å²) in [4.78, 5) is 31.3. The molecule has 0 bridgehead atoms. The lowest BCUT2D eigenvalue weighted by Gasteiger charge is -2.25. The summed E-state index contributed by atoms with van der Waals surface area (Å²) < 4.78 is 16.1. The van der Waals surface area contributed by atoms with Crippen molar-refractivity contribution in [2.75, 3.05) is 11.9 Å². The summed E-state index contributed by atoms with van der Waals surface area (Å²) in [5.41, 5.74) is 5.16. The molecule has 0 spiro atoms. The summed E-state index contributed by atoms with van der Waals surface area (Å²) in [6.07, 6.45) is 4.84. The molecule has 2 heterocycles. The molecule has 0 atom stereocenters. The SMILES string of the molecule is Cc1ccc(Nc2c(C(=O)NOCC3CCC3)c3n(c(=O)c2C)CCC3)c(F)c1. The van der Waals surface area contributed by atoms with Gasteiger partial charge < -0.3 is 9.88 Å². The van der Waals surface area contributed by atoms with Crippen molar-refractivity contribution in [3.8, 4) is 0 Å². The number of rotatable bonds is 6. The molecule has 1 aromatic carbocycles. The summed E-state index contributed by atoms with van der Waals surface area (Å²) in [6, 6.07) is 4.81. The lowest BCUT2D eigenvalue weighted by atomic mass is 9.86. The Balaban J connectivity index is 1.69. The first-order chi connectivity index (χ1) is 14.0. The number of benzene rings is 1. The van der Waals surface area contributed by atoms with Gasteiger partial charge in [-0.15, -0.1) is 0 Å². The van der Waals surface area contributed by atoms with Gasteiger partial charge in [-0.2, -0.15) is 0 Å². The average Bonchev–Trinajstić information content (AvgIpc) is 3.13. The summed E-state index contributed by atoms with van der Waals surface area (Å²) in [5, 5.41) is 3.00. The van der Waals surface area contributed by atoms with Crippen molar-refractivity contribution in [3.63, 3.8) is 0 Å². The van der Waals surface area contributed by atoms with Crippen LogP contribution in [0.4, 0.5) is 15.8 Å². The maximum Gasteiger partial charge on any atom is 0.278 e. The van der Waals surface area contributed by atoms with Gasteiger partial charge >= 0.3 is 0 Å². The Labute approximate surface area is 169 Å². The number of aromatic nitrogens is 1. The molecule has 29 heavy (non-hydrogen) atoms. The van der Waals surface area contributed by atoms with Gasteiger partial charge in [0.1, 0.15) is 5.82 Å². The molecule has 2 N–H and O–H groups in total. The second-order valence-electron chi connectivity index (χ2n) is 8.03. The van der Waals surface area contributed by atoms with Crippen LogP contribution in [0.3, 0.4) is 0 Å². The van der Waals surface area contributed by atoms with Crippen molar-refractivity contribution >= 4 is 17.3 Å². The third kappa shape index (κ3) is 3.79. The number of fused-ring (bicyclic) bond motifs is 1. The number of amides is 1. The number of hydrogen-bond donors (Lipinski definition) is 2. The Morgan fingerprint density at radius 3 is 2.76 bits per heavy atom. The van der Waals surface area contributed by atoms with Gasteiger partial charge in [0.2, 0.25) is 0 Å². The molecule has 1 aromatic heterocycles. The van der Waals surface area contributed by atoms with Crippen molar-refractivity contribution in [1.82, 2.24) is 10.0 Å². The van der Waals surface area contributed by atoms with Gasteiger partial charge in [0.25, 0.3) is 11.5 Å². The smallest absolute Gasteiger partial charge is 0.278 e. The van der Waals surface area contributed by atoms with Crippen LogP contribution in [-0.2, 0) is 17.8 Å². The van der Waals surface area contributed by atoms with Gasteiger partial charge in [-0.3, -0.25) is 14.4 Å². The van der Waals surface area contributed by atoms with Crippen LogP contribution < -0.4 is 16.4 Å². The molecule has 1 aliphatic heterocycles. The zero-order valence-electron chi connectivity index (χ0n) is 16.8. The van der Waals surface area contributed by atoms with Gasteiger partial charge in [0, 0.05) is 17.8 Å². The van der Waals surface area contributed by atoms with Crippen molar-refractivity contribution in [1.29, 1.82) is 0 Å². The number of carbonyl (C=O) groups is 1. The summed E-state index contributed by atoms with van der Waals surface area (Å²) in [5.74, 6) is -0.355. The fourth-order valence-electron chi connectivity index (χ4n) is 3.99. The fourth-order valence-corrected chi connectivity index (χ4v) is 3.99. The Kier molecular flexibility index (Phi) is 5.41. The van der Waals surface area contributed by atoms with E-state index >= 15 is 0 Å². The van der Waals surface area contributed by atoms with E-state index < -0.39 is 11.7 Å². The lowest BCUT2D eigenvalue weighted by molar-refractivity contribution is 0.00314. The Morgan fingerprint density at radius 2 is 2.07 bits per heavy atom. The van der Waals surface area contributed by atoms with E-state index in [0.29, 0.717) is 48.0 Å². The van der Waals surface area contributed by atoms with E-state index in [1.165, 1.54) is 12.5 Å². The van der Waals surface area contributed by atoms with E-state index in [0.717, 1.165) is 24.8 Å². The standard InChI is InChI=1S/C22H26FN3O3/c1-13-8-9-17(16(23)11-13)24-20-14(2)22(28)26-10-4-7-18(26)19(20)21(27)25-29-12-15-5-3-6-15/h8-9,11,15,24H,3-7,10,12H2,1-2H3,(H,25,27). The fraction of sp³-hybridized carbons (Fsp3) is 0.455. The van der Waals surface area contributed by atoms with Crippen molar-refractivity contribution in [3.05, 3.63) is 56.8 Å². The number of nitrogens with one attached hydrogen (secondary N) is 2. The minimum absolute atomic E-state index is 0.153. The highest BCUT2D eigenvalue weighted by atomic mass is 19.1. The number of aryl methyl sites for hydroxylation is 1. The highest BCUT2D eigenvalue weighted by molar-refractivity contribution is 6.01. The second-order valence-corrected chi connectivity index (χ2v) is 8.03. The number of carbonyl (C=O) groups excluding carboxylic acids is 1. The van der Waals surface area contributed by atoms with Crippen LogP contribution in [0.1, 0.15) is 52.9 Å². The van der Waals surface area contributed by atoms with E-state index in [2.05, 4.69) is 10.8 Å². The molecule has 0 saturated heterocycles. The number of pyridine rings is 1. The minimum atomic E-state index is -0.433. The Morgan fingerprint density at radius 1 is 1.28 bits per heavy atom. The predicted octanol–water partition coefficient (Wildman–Crippen LogP) is 3.76. The first-order valence-corrected chi connectivity index (χ1v) is 10.2. The van der Waals surface area contributed by atoms with Crippen LogP contribution in [-0.4, -0.2) is 17.1 Å². The maximum atomic E-state index is 14.4. The van der Waals surface area contributed by atoms with E-state index in [9.17, 15) is 14.0 Å². The molecule has 1 fully saturated rings. The van der Waals surface area contributed by atoms with E-state index in [1.807, 2.05) is 0 Å². The molecule has 2 aliphatic rings. The highest BCUT2D eigenvalue weighted by Crippen LogP contribution is 2.31. The van der Waals surface area contributed by atoms with Gasteiger partial charge in [-0.05, 0) is 63.1 Å². The van der Waals surface area contributed by atoms with Gasteiger partial charge in [-0.25, -0.2) is 9.87 Å². The van der Waals surface area contributed by atoms with Crippen LogP contribution in [0.25, 0.3) is 0 Å². The van der Waals surface area contributed by atoms with E-state index in [4.69, 9.17) is 4.84 Å². The third-order valence-electron chi connectivity index (χ3n) is 5.92. The van der Waals surface area contributed by atoms with Crippen LogP contribution in [0, 0.1) is 25.6 Å².